The summed E-state index contributed by atoms with van der Waals surface area (Å²) in [6.07, 6.45) is 1.20. The molecule has 0 amide bonds. The Morgan fingerprint density at radius 3 is 2.83 bits per heavy atom. The van der Waals surface area contributed by atoms with Gasteiger partial charge in [-0.2, -0.15) is 0 Å². The fourth-order valence-corrected chi connectivity index (χ4v) is 1.56. The van der Waals surface area contributed by atoms with Gasteiger partial charge in [-0.25, -0.2) is 9.78 Å². The smallest absolute Gasteiger partial charge is 0.335 e. The van der Waals surface area contributed by atoms with Gasteiger partial charge in [0, 0.05) is 0 Å². The number of ether oxygens (including phenoxy) is 1. The summed E-state index contributed by atoms with van der Waals surface area (Å²) in [6.45, 7) is 0. The number of carboxylic acids is 1. The lowest BCUT2D eigenvalue weighted by Crippen LogP contribution is -2.05. The summed E-state index contributed by atoms with van der Waals surface area (Å²) in [7, 11) is 0. The molecule has 18 heavy (non-hydrogen) atoms. The molecule has 6 nitrogen and oxygen atoms in total. The van der Waals surface area contributed by atoms with Crippen molar-refractivity contribution in [1.29, 1.82) is 0 Å². The van der Waals surface area contributed by atoms with Gasteiger partial charge >= 0.3 is 5.97 Å². The number of hydrogen-bond donors (Lipinski definition) is 2. The minimum Gasteiger partial charge on any atom is -0.478 e. The summed E-state index contributed by atoms with van der Waals surface area (Å²) in [6, 6.07) is 5.49. The number of aromatic nitrogens is 2. The van der Waals surface area contributed by atoms with E-state index in [4.69, 9.17) is 9.84 Å². The van der Waals surface area contributed by atoms with Crippen LogP contribution in [0.15, 0.2) is 39.9 Å². The Morgan fingerprint density at radius 2 is 2.17 bits per heavy atom. The quantitative estimate of drug-likeness (QED) is 0.904. The molecule has 0 atom stereocenters. The van der Waals surface area contributed by atoms with Crippen LogP contribution in [0, 0.1) is 0 Å². The van der Waals surface area contributed by atoms with Crippen LogP contribution in [0.5, 0.6) is 11.6 Å². The summed E-state index contributed by atoms with van der Waals surface area (Å²) in [5, 5.41) is 8.87. The zero-order valence-electron chi connectivity index (χ0n) is 8.88. The van der Waals surface area contributed by atoms with E-state index in [2.05, 4.69) is 25.9 Å². The van der Waals surface area contributed by atoms with Gasteiger partial charge in [-0.05, 0) is 34.1 Å². The first kappa shape index (κ1) is 12.3. The van der Waals surface area contributed by atoms with Crippen molar-refractivity contribution in [2.45, 2.75) is 0 Å². The van der Waals surface area contributed by atoms with Crippen LogP contribution in [0.25, 0.3) is 0 Å². The Hall–Kier alpha value is -2.15. The lowest BCUT2D eigenvalue weighted by atomic mass is 10.2. The summed E-state index contributed by atoms with van der Waals surface area (Å²) >= 11 is 3.22. The Balaban J connectivity index is 2.36. The van der Waals surface area contributed by atoms with Crippen LogP contribution in [0.4, 0.5) is 0 Å². The number of H-pyrrole nitrogens is 1. The number of halogens is 1. The molecule has 0 aliphatic heterocycles. The highest BCUT2D eigenvalue weighted by atomic mass is 79.9. The number of nitrogens with zero attached hydrogens (tertiary/aromatic N) is 1. The van der Waals surface area contributed by atoms with Gasteiger partial charge < -0.3 is 14.8 Å². The molecule has 2 rings (SSSR count). The molecule has 0 aliphatic carbocycles. The van der Waals surface area contributed by atoms with Crippen molar-refractivity contribution < 1.29 is 14.6 Å². The first-order valence-electron chi connectivity index (χ1n) is 4.81. The minimum atomic E-state index is -1.06. The zero-order chi connectivity index (χ0) is 13.1. The topological polar surface area (TPSA) is 92.3 Å². The highest BCUT2D eigenvalue weighted by Crippen LogP contribution is 2.29. The van der Waals surface area contributed by atoms with Crippen LogP contribution in [0.1, 0.15) is 10.4 Å². The average Bonchev–Trinajstić information content (AvgIpc) is 2.31. The van der Waals surface area contributed by atoms with Gasteiger partial charge in [-0.1, -0.05) is 0 Å². The molecule has 92 valence electrons. The van der Waals surface area contributed by atoms with Crippen molar-refractivity contribution in [2.75, 3.05) is 0 Å². The Bertz CT molecular complexity index is 653. The molecule has 0 spiro atoms. The largest absolute Gasteiger partial charge is 0.478 e. The van der Waals surface area contributed by atoms with E-state index < -0.39 is 5.97 Å². The van der Waals surface area contributed by atoms with E-state index in [1.54, 1.807) is 6.07 Å². The summed E-state index contributed by atoms with van der Waals surface area (Å²) < 4.78 is 5.90. The lowest BCUT2D eigenvalue weighted by molar-refractivity contribution is 0.0696. The SMILES string of the molecule is O=C(O)c1ccc(Br)c(Oc2cc(=O)[nH]cn2)c1. The van der Waals surface area contributed by atoms with Crippen LogP contribution < -0.4 is 10.3 Å². The predicted octanol–water partition coefficient (Wildman–Crippen LogP) is 2.02. The van der Waals surface area contributed by atoms with E-state index in [0.29, 0.717) is 4.47 Å². The fraction of sp³-hybridized carbons (Fsp3) is 0. The van der Waals surface area contributed by atoms with Gasteiger partial charge in [0.15, 0.2) is 0 Å². The summed E-state index contributed by atoms with van der Waals surface area (Å²) in [4.78, 5) is 28.0. The molecule has 0 unspecified atom stereocenters. The second-order valence-corrected chi connectivity index (χ2v) is 4.16. The molecule has 0 bridgehead atoms. The zero-order valence-corrected chi connectivity index (χ0v) is 10.5. The first-order chi connectivity index (χ1) is 8.56. The van der Waals surface area contributed by atoms with Crippen LogP contribution >= 0.6 is 15.9 Å². The molecular weight excluding hydrogens is 304 g/mol. The highest BCUT2D eigenvalue weighted by molar-refractivity contribution is 9.10. The number of carbonyl (C=O) groups is 1. The number of carboxylic acid groups (broad SMARTS) is 1. The Morgan fingerprint density at radius 1 is 1.39 bits per heavy atom. The Labute approximate surface area is 109 Å². The minimum absolute atomic E-state index is 0.0815. The van der Waals surface area contributed by atoms with E-state index in [-0.39, 0.29) is 22.8 Å². The molecular formula is C11H7BrN2O4. The average molecular weight is 311 g/mol. The van der Waals surface area contributed by atoms with Crippen LogP contribution in [0.3, 0.4) is 0 Å². The van der Waals surface area contributed by atoms with Gasteiger partial charge in [0.25, 0.3) is 5.56 Å². The second kappa shape index (κ2) is 5.01. The van der Waals surface area contributed by atoms with Crippen LogP contribution in [0.2, 0.25) is 0 Å². The van der Waals surface area contributed by atoms with Gasteiger partial charge in [-0.3, -0.25) is 4.79 Å². The second-order valence-electron chi connectivity index (χ2n) is 3.30. The third-order valence-electron chi connectivity index (χ3n) is 2.05. The molecule has 2 N–H and O–H groups in total. The number of rotatable bonds is 3. The van der Waals surface area contributed by atoms with Gasteiger partial charge in [0.05, 0.1) is 22.4 Å². The highest BCUT2D eigenvalue weighted by Gasteiger charge is 2.09. The van der Waals surface area contributed by atoms with E-state index >= 15 is 0 Å². The number of aromatic amines is 1. The monoisotopic (exact) mass is 310 g/mol. The number of benzene rings is 1. The maximum Gasteiger partial charge on any atom is 0.335 e. The van der Waals surface area contributed by atoms with Crippen molar-refractivity contribution in [2.24, 2.45) is 0 Å². The van der Waals surface area contributed by atoms with E-state index in [9.17, 15) is 9.59 Å². The molecule has 0 fully saturated rings. The third-order valence-corrected chi connectivity index (χ3v) is 2.70. The third kappa shape index (κ3) is 2.75. The van der Waals surface area contributed by atoms with Crippen LogP contribution in [-0.2, 0) is 0 Å². The van der Waals surface area contributed by atoms with Crippen molar-refractivity contribution in [3.05, 3.63) is 51.0 Å². The van der Waals surface area contributed by atoms with Crippen molar-refractivity contribution in [1.82, 2.24) is 9.97 Å². The maximum absolute atomic E-state index is 11.1. The molecule has 0 radical (unpaired) electrons. The number of nitrogens with one attached hydrogen (secondary N) is 1. The lowest BCUT2D eigenvalue weighted by Gasteiger charge is -2.06. The molecule has 0 saturated carbocycles. The van der Waals surface area contributed by atoms with Crippen LogP contribution in [-0.4, -0.2) is 21.0 Å². The first-order valence-corrected chi connectivity index (χ1v) is 5.61. The molecule has 2 aromatic rings. The van der Waals surface area contributed by atoms with Crippen molar-refractivity contribution in [3.63, 3.8) is 0 Å². The summed E-state index contributed by atoms with van der Waals surface area (Å²) in [5.41, 5.74) is -0.274. The van der Waals surface area contributed by atoms with E-state index in [0.717, 1.165) is 0 Å². The van der Waals surface area contributed by atoms with Gasteiger partial charge in [0.1, 0.15) is 5.75 Å². The molecule has 1 aromatic carbocycles. The van der Waals surface area contributed by atoms with E-state index in [1.165, 1.54) is 24.5 Å². The van der Waals surface area contributed by atoms with E-state index in [1.807, 2.05) is 0 Å². The molecule has 1 heterocycles. The number of hydrogen-bond acceptors (Lipinski definition) is 4. The Kier molecular flexibility index (Phi) is 3.42. The van der Waals surface area contributed by atoms with Gasteiger partial charge in [-0.15, -0.1) is 0 Å². The standard InChI is InChI=1S/C11H7BrN2O4/c12-7-2-1-6(11(16)17)3-8(7)18-10-4-9(15)13-5-14-10/h1-5H,(H,16,17)(H,13,14,15). The maximum atomic E-state index is 11.1. The fourth-order valence-electron chi connectivity index (χ4n) is 1.23. The van der Waals surface area contributed by atoms with Crippen molar-refractivity contribution in [3.8, 4) is 11.6 Å². The van der Waals surface area contributed by atoms with Crippen molar-refractivity contribution >= 4 is 21.9 Å². The molecule has 7 heteroatoms. The van der Waals surface area contributed by atoms with Gasteiger partial charge in [0.2, 0.25) is 5.88 Å². The predicted molar refractivity (Wildman–Crippen MR) is 66.0 cm³/mol. The normalized spacial score (nSPS) is 10.1. The number of aromatic carboxylic acids is 1. The molecule has 1 aromatic heterocycles. The summed E-state index contributed by atoms with van der Waals surface area (Å²) in [5.74, 6) is -0.707. The molecule has 0 aliphatic rings. The molecule has 0 saturated heterocycles.